The van der Waals surface area contributed by atoms with Crippen molar-refractivity contribution < 1.29 is 23.8 Å². The van der Waals surface area contributed by atoms with E-state index in [2.05, 4.69) is 26.2 Å². The third-order valence-electron chi connectivity index (χ3n) is 7.93. The Morgan fingerprint density at radius 3 is 2.66 bits per heavy atom. The second-order valence-corrected chi connectivity index (χ2v) is 12.0. The summed E-state index contributed by atoms with van der Waals surface area (Å²) in [5.41, 5.74) is 8.36. The van der Waals surface area contributed by atoms with Crippen LogP contribution in [0.4, 0.5) is 4.39 Å². The van der Waals surface area contributed by atoms with Gasteiger partial charge in [-0.1, -0.05) is 0 Å². The first-order valence-corrected chi connectivity index (χ1v) is 14.2. The third-order valence-corrected chi connectivity index (χ3v) is 8.73. The first-order chi connectivity index (χ1) is 19.5. The van der Waals surface area contributed by atoms with E-state index in [4.69, 9.17) is 20.2 Å². The second kappa shape index (κ2) is 10.0. The first-order valence-electron chi connectivity index (χ1n) is 13.4. The molecule has 4 N–H and O–H groups in total. The van der Waals surface area contributed by atoms with E-state index in [1.54, 1.807) is 30.3 Å². The van der Waals surface area contributed by atoms with Crippen molar-refractivity contribution in [3.05, 3.63) is 81.3 Å². The van der Waals surface area contributed by atoms with Crippen molar-refractivity contribution in [3.8, 4) is 22.8 Å². The third kappa shape index (κ3) is 4.94. The van der Waals surface area contributed by atoms with Crippen LogP contribution < -0.4 is 20.5 Å². The molecule has 0 spiro atoms. The molecule has 1 saturated carbocycles. The molecule has 41 heavy (non-hydrogen) atoms. The molecule has 1 aliphatic heterocycles. The summed E-state index contributed by atoms with van der Waals surface area (Å²) < 4.78 is 26.0. The lowest BCUT2D eigenvalue weighted by Gasteiger charge is -2.30. The van der Waals surface area contributed by atoms with E-state index >= 15 is 0 Å². The van der Waals surface area contributed by atoms with Gasteiger partial charge in [0.15, 0.2) is 5.75 Å². The average molecular weight is 622 g/mol. The summed E-state index contributed by atoms with van der Waals surface area (Å²) in [5.74, 6) is 0.160. The van der Waals surface area contributed by atoms with Crippen LogP contribution in [0.1, 0.15) is 47.1 Å². The van der Waals surface area contributed by atoms with Crippen molar-refractivity contribution in [1.29, 1.82) is 0 Å². The molecule has 10 heteroatoms. The molecule has 1 aliphatic carbocycles. The van der Waals surface area contributed by atoms with Gasteiger partial charge in [0.25, 0.3) is 5.91 Å². The number of nitrogens with two attached hydrogens (primary N) is 1. The SMILES string of the molecule is COc1cc(C(=O)NC[C@](O)(c2cc3c(c(-c4ccc(F)cc4)n2)OC[C@]3(C)N)C2CC2)cc2cc(Br)c(C)nc12. The fourth-order valence-corrected chi connectivity index (χ4v) is 5.69. The highest BCUT2D eigenvalue weighted by Gasteiger charge is 2.48. The van der Waals surface area contributed by atoms with Gasteiger partial charge >= 0.3 is 0 Å². The predicted molar refractivity (Wildman–Crippen MR) is 156 cm³/mol. The van der Waals surface area contributed by atoms with Crippen molar-refractivity contribution in [3.63, 3.8) is 0 Å². The van der Waals surface area contributed by atoms with E-state index in [0.717, 1.165) is 28.4 Å². The van der Waals surface area contributed by atoms with Gasteiger partial charge in [-0.25, -0.2) is 14.4 Å². The smallest absolute Gasteiger partial charge is 0.251 e. The summed E-state index contributed by atoms with van der Waals surface area (Å²) in [5, 5.41) is 15.8. The second-order valence-electron chi connectivity index (χ2n) is 11.1. The number of methoxy groups -OCH3 is 1. The molecule has 4 aromatic rings. The Bertz CT molecular complexity index is 1690. The van der Waals surface area contributed by atoms with Crippen LogP contribution in [-0.4, -0.2) is 41.2 Å². The summed E-state index contributed by atoms with van der Waals surface area (Å²) in [7, 11) is 1.54. The minimum absolute atomic E-state index is 0.0660. The Hall–Kier alpha value is -3.60. The number of carbonyl (C=O) groups is 1. The largest absolute Gasteiger partial charge is 0.494 e. The Labute approximate surface area is 245 Å². The zero-order chi connectivity index (χ0) is 29.1. The Morgan fingerprint density at radius 2 is 1.98 bits per heavy atom. The molecule has 2 aromatic carbocycles. The van der Waals surface area contributed by atoms with Crippen LogP contribution in [0.5, 0.6) is 11.5 Å². The molecular formula is C31H30BrFN4O4. The highest BCUT2D eigenvalue weighted by molar-refractivity contribution is 9.10. The van der Waals surface area contributed by atoms with Crippen molar-refractivity contribution in [2.75, 3.05) is 20.3 Å². The monoisotopic (exact) mass is 620 g/mol. The van der Waals surface area contributed by atoms with Crippen LogP contribution in [-0.2, 0) is 11.1 Å². The fraction of sp³-hybridized carbons (Fsp3) is 0.323. The van der Waals surface area contributed by atoms with E-state index in [0.29, 0.717) is 45.1 Å². The number of hydrogen-bond acceptors (Lipinski definition) is 7. The van der Waals surface area contributed by atoms with Gasteiger partial charge in [0.1, 0.15) is 35.0 Å². The number of hydrogen-bond donors (Lipinski definition) is 3. The number of pyridine rings is 2. The molecular weight excluding hydrogens is 591 g/mol. The van der Waals surface area contributed by atoms with Crippen LogP contribution in [0.2, 0.25) is 0 Å². The lowest BCUT2D eigenvalue weighted by molar-refractivity contribution is 0.00947. The molecule has 0 unspecified atom stereocenters. The molecule has 2 aliphatic rings. The molecule has 6 rings (SSSR count). The van der Waals surface area contributed by atoms with Crippen LogP contribution in [0.15, 0.2) is 53.0 Å². The van der Waals surface area contributed by atoms with E-state index in [1.165, 1.54) is 19.2 Å². The van der Waals surface area contributed by atoms with Crippen molar-refractivity contribution in [2.45, 2.75) is 37.8 Å². The van der Waals surface area contributed by atoms with Crippen LogP contribution in [0, 0.1) is 18.7 Å². The maximum absolute atomic E-state index is 13.7. The lowest BCUT2D eigenvalue weighted by atomic mass is 9.87. The number of aryl methyl sites for hydroxylation is 1. The zero-order valence-corrected chi connectivity index (χ0v) is 24.5. The quantitative estimate of drug-likeness (QED) is 0.263. The number of fused-ring (bicyclic) bond motifs is 2. The minimum atomic E-state index is -1.46. The average Bonchev–Trinajstić information content (AvgIpc) is 3.77. The van der Waals surface area contributed by atoms with Gasteiger partial charge in [-0.15, -0.1) is 0 Å². The van der Waals surface area contributed by atoms with E-state index < -0.39 is 11.1 Å². The zero-order valence-electron chi connectivity index (χ0n) is 22.9. The highest BCUT2D eigenvalue weighted by atomic mass is 79.9. The predicted octanol–water partition coefficient (Wildman–Crippen LogP) is 5.11. The molecule has 1 amide bonds. The summed E-state index contributed by atoms with van der Waals surface area (Å²) in [4.78, 5) is 22.9. The maximum Gasteiger partial charge on any atom is 0.251 e. The highest BCUT2D eigenvalue weighted by Crippen LogP contribution is 2.49. The number of aromatic nitrogens is 2. The number of aliphatic hydroxyl groups is 1. The van der Waals surface area contributed by atoms with E-state index in [-0.39, 0.29) is 30.8 Å². The van der Waals surface area contributed by atoms with Crippen molar-refractivity contribution in [2.24, 2.45) is 11.7 Å². The van der Waals surface area contributed by atoms with Gasteiger partial charge in [0.05, 0.1) is 30.6 Å². The molecule has 3 heterocycles. The van der Waals surface area contributed by atoms with E-state index in [9.17, 15) is 14.3 Å². The number of amides is 1. The number of nitrogens with one attached hydrogen (secondary N) is 1. The van der Waals surface area contributed by atoms with Gasteiger partial charge < -0.3 is 25.6 Å². The fourth-order valence-electron chi connectivity index (χ4n) is 5.36. The molecule has 0 bridgehead atoms. The first kappa shape index (κ1) is 27.6. The molecule has 8 nitrogen and oxygen atoms in total. The number of rotatable bonds is 7. The van der Waals surface area contributed by atoms with Gasteiger partial charge in [-0.2, -0.15) is 0 Å². The normalized spacial score (nSPS) is 19.4. The van der Waals surface area contributed by atoms with Crippen molar-refractivity contribution in [1.82, 2.24) is 15.3 Å². The molecule has 212 valence electrons. The molecule has 0 radical (unpaired) electrons. The Morgan fingerprint density at radius 1 is 1.24 bits per heavy atom. The van der Waals surface area contributed by atoms with Gasteiger partial charge in [-0.3, -0.25) is 4.79 Å². The summed E-state index contributed by atoms with van der Waals surface area (Å²) in [6.45, 7) is 3.92. The number of benzene rings is 2. The minimum Gasteiger partial charge on any atom is -0.494 e. The summed E-state index contributed by atoms with van der Waals surface area (Å²) >= 11 is 3.51. The van der Waals surface area contributed by atoms with Crippen molar-refractivity contribution >= 4 is 32.7 Å². The Kier molecular flexibility index (Phi) is 6.75. The molecule has 0 saturated heterocycles. The van der Waals surface area contributed by atoms with Crippen LogP contribution >= 0.6 is 15.9 Å². The molecule has 2 atom stereocenters. The van der Waals surface area contributed by atoms with Gasteiger partial charge in [0, 0.05) is 26.5 Å². The van der Waals surface area contributed by atoms with E-state index in [1.807, 2.05) is 19.9 Å². The molecule has 2 aromatic heterocycles. The van der Waals surface area contributed by atoms with Crippen LogP contribution in [0.3, 0.4) is 0 Å². The number of ether oxygens (including phenoxy) is 2. The Balaban J connectivity index is 1.36. The number of halogens is 2. The topological polar surface area (TPSA) is 120 Å². The maximum atomic E-state index is 13.7. The summed E-state index contributed by atoms with van der Waals surface area (Å²) in [6.07, 6.45) is 1.58. The van der Waals surface area contributed by atoms with Gasteiger partial charge in [0.2, 0.25) is 0 Å². The van der Waals surface area contributed by atoms with Gasteiger partial charge in [-0.05, 0) is 97.1 Å². The number of carbonyl (C=O) groups excluding carboxylic acids is 1. The summed E-state index contributed by atoms with van der Waals surface area (Å²) in [6, 6.07) is 13.0. The molecule has 1 fully saturated rings. The lowest BCUT2D eigenvalue weighted by Crippen LogP contribution is -2.43. The van der Waals surface area contributed by atoms with Crippen LogP contribution in [0.25, 0.3) is 22.2 Å². The number of nitrogens with zero attached hydrogens (tertiary/aromatic N) is 2. The standard InChI is InChI=1S/C31H30BrFN4O4/c1-16-23(32)11-18-10-19(12-24(40-3)26(18)36-16)29(38)35-14-31(39,20-6-7-20)25-13-22-28(41-15-30(22,2)34)27(37-25)17-4-8-21(33)9-5-17/h4-5,8-13,20,39H,6-7,14-15,34H2,1-3H3,(H,35,38)/t30-,31+/m0/s1.